The number of carbonyl (C=O) groups excluding carboxylic acids is 1. The molecule has 1 fully saturated rings. The number of fused-ring (bicyclic) bond motifs is 1. The van der Waals surface area contributed by atoms with E-state index in [1.54, 1.807) is 36.1 Å². The second kappa shape index (κ2) is 8.04. The first kappa shape index (κ1) is 20.3. The van der Waals surface area contributed by atoms with Crippen LogP contribution in [-0.2, 0) is 9.53 Å². The van der Waals surface area contributed by atoms with E-state index in [9.17, 15) is 18.8 Å². The minimum atomic E-state index is -0.858. The summed E-state index contributed by atoms with van der Waals surface area (Å²) in [5.74, 6) is -0.904. The molecule has 0 N–H and O–H groups in total. The number of amides is 1. The fourth-order valence-corrected chi connectivity index (χ4v) is 3.84. The van der Waals surface area contributed by atoms with E-state index in [2.05, 4.69) is 0 Å². The van der Waals surface area contributed by atoms with Gasteiger partial charge in [-0.05, 0) is 37.3 Å². The number of morpholine rings is 1. The Morgan fingerprint density at radius 1 is 1.13 bits per heavy atom. The van der Waals surface area contributed by atoms with E-state index in [1.807, 2.05) is 0 Å². The van der Waals surface area contributed by atoms with Gasteiger partial charge in [-0.15, -0.1) is 0 Å². The summed E-state index contributed by atoms with van der Waals surface area (Å²) in [6.45, 7) is 3.35. The highest BCUT2D eigenvalue weighted by molar-refractivity contribution is 6.30. The fraction of sp³-hybridized carbons (Fsp3) is 0.286. The predicted octanol–water partition coefficient (Wildman–Crippen LogP) is 2.36. The molecule has 0 radical (unpaired) electrons. The van der Waals surface area contributed by atoms with Crippen LogP contribution in [0.4, 0.5) is 4.39 Å². The Balaban J connectivity index is 1.95. The monoisotopic (exact) mass is 431 g/mol. The van der Waals surface area contributed by atoms with E-state index in [-0.39, 0.29) is 22.0 Å². The van der Waals surface area contributed by atoms with Gasteiger partial charge in [0.25, 0.3) is 5.56 Å². The van der Waals surface area contributed by atoms with Gasteiger partial charge in [0.05, 0.1) is 34.8 Å². The lowest BCUT2D eigenvalue weighted by molar-refractivity contribution is -0.138. The molecule has 0 bridgehead atoms. The van der Waals surface area contributed by atoms with Crippen LogP contribution >= 0.6 is 11.6 Å². The van der Waals surface area contributed by atoms with Crippen LogP contribution in [0.15, 0.2) is 52.1 Å². The van der Waals surface area contributed by atoms with Gasteiger partial charge >= 0.3 is 5.69 Å². The largest absolute Gasteiger partial charge is 0.378 e. The first-order chi connectivity index (χ1) is 14.4. The average Bonchev–Trinajstić information content (AvgIpc) is 2.76. The van der Waals surface area contributed by atoms with Gasteiger partial charge < -0.3 is 9.64 Å². The number of ether oxygens (including phenoxy) is 1. The number of benzene rings is 2. The summed E-state index contributed by atoms with van der Waals surface area (Å²) in [5.41, 5.74) is -0.788. The molecule has 7 nitrogen and oxygen atoms in total. The second-order valence-corrected chi connectivity index (χ2v) is 7.43. The molecule has 30 heavy (non-hydrogen) atoms. The van der Waals surface area contributed by atoms with Crippen LogP contribution in [0.3, 0.4) is 0 Å². The van der Waals surface area contributed by atoms with E-state index in [0.717, 1.165) is 10.6 Å². The summed E-state index contributed by atoms with van der Waals surface area (Å²) in [5, 5.41) is 0.0510. The zero-order valence-electron chi connectivity index (χ0n) is 16.2. The van der Waals surface area contributed by atoms with Crippen molar-refractivity contribution in [2.24, 2.45) is 0 Å². The smallest absolute Gasteiger partial charge is 0.336 e. The number of halogens is 2. The van der Waals surface area contributed by atoms with Crippen LogP contribution < -0.4 is 11.2 Å². The van der Waals surface area contributed by atoms with Gasteiger partial charge in [0, 0.05) is 13.1 Å². The molecular formula is C21H19ClFN3O4. The molecule has 1 amide bonds. The van der Waals surface area contributed by atoms with E-state index in [0.29, 0.717) is 31.8 Å². The predicted molar refractivity (Wildman–Crippen MR) is 111 cm³/mol. The van der Waals surface area contributed by atoms with Crippen LogP contribution in [0, 0.1) is 5.82 Å². The zero-order valence-corrected chi connectivity index (χ0v) is 16.9. The lowest BCUT2D eigenvalue weighted by atomic mass is 10.2. The molecule has 0 saturated carbocycles. The summed E-state index contributed by atoms with van der Waals surface area (Å²) < 4.78 is 21.1. The highest BCUT2D eigenvalue weighted by Gasteiger charge is 2.27. The molecule has 1 aromatic heterocycles. The van der Waals surface area contributed by atoms with Crippen molar-refractivity contribution in [2.75, 3.05) is 26.3 Å². The molecule has 1 aliphatic heterocycles. The number of hydrogen-bond donors (Lipinski definition) is 0. The van der Waals surface area contributed by atoms with Crippen molar-refractivity contribution < 1.29 is 13.9 Å². The SMILES string of the molecule is CC(C(=O)N1CCOCC1)n1c(=O)n(-c2ccc(F)c(Cl)c2)c(=O)c2ccccc21. The third kappa shape index (κ3) is 3.42. The summed E-state index contributed by atoms with van der Waals surface area (Å²) >= 11 is 5.87. The number of para-hydroxylation sites is 1. The molecule has 9 heteroatoms. The second-order valence-electron chi connectivity index (χ2n) is 7.02. The van der Waals surface area contributed by atoms with Crippen LogP contribution in [0.25, 0.3) is 16.6 Å². The van der Waals surface area contributed by atoms with Gasteiger partial charge in [0.1, 0.15) is 11.9 Å². The molecule has 1 atom stereocenters. The van der Waals surface area contributed by atoms with Gasteiger partial charge in [-0.2, -0.15) is 0 Å². The Morgan fingerprint density at radius 3 is 2.53 bits per heavy atom. The third-order valence-electron chi connectivity index (χ3n) is 5.22. The quantitative estimate of drug-likeness (QED) is 0.638. The van der Waals surface area contributed by atoms with Crippen LogP contribution in [-0.4, -0.2) is 46.2 Å². The third-order valence-corrected chi connectivity index (χ3v) is 5.51. The van der Waals surface area contributed by atoms with Gasteiger partial charge in [-0.3, -0.25) is 14.2 Å². The maximum absolute atomic E-state index is 13.6. The molecule has 156 valence electrons. The topological polar surface area (TPSA) is 73.5 Å². The molecule has 0 aliphatic carbocycles. The molecule has 3 aromatic rings. The summed E-state index contributed by atoms with van der Waals surface area (Å²) in [7, 11) is 0. The number of carbonyl (C=O) groups is 1. The molecule has 2 aromatic carbocycles. The standard InChI is InChI=1S/C21H19ClFN3O4/c1-13(19(27)24-8-10-30-11-9-24)25-18-5-3-2-4-15(18)20(28)26(21(25)29)14-6-7-17(23)16(22)12-14/h2-7,12-13H,8-11H2,1H3. The maximum Gasteiger partial charge on any atom is 0.336 e. The molecule has 1 unspecified atom stereocenters. The average molecular weight is 432 g/mol. The molecule has 1 aliphatic rings. The number of hydrogen-bond acceptors (Lipinski definition) is 4. The highest BCUT2D eigenvalue weighted by atomic mass is 35.5. The Bertz CT molecular complexity index is 1250. The van der Waals surface area contributed by atoms with Crippen molar-refractivity contribution in [3.05, 3.63) is 74.1 Å². The van der Waals surface area contributed by atoms with E-state index >= 15 is 0 Å². The van der Waals surface area contributed by atoms with Gasteiger partial charge in [-0.25, -0.2) is 13.8 Å². The molecule has 2 heterocycles. The Labute approximate surface area is 175 Å². The molecule has 1 saturated heterocycles. The molecule has 4 rings (SSSR count). The van der Waals surface area contributed by atoms with Crippen molar-refractivity contribution in [1.82, 2.24) is 14.0 Å². The minimum absolute atomic E-state index is 0.127. The number of rotatable bonds is 3. The lowest BCUT2D eigenvalue weighted by Crippen LogP contribution is -2.47. The Kier molecular flexibility index (Phi) is 5.44. The first-order valence-corrected chi connectivity index (χ1v) is 9.86. The van der Waals surface area contributed by atoms with Crippen molar-refractivity contribution in [1.29, 1.82) is 0 Å². The van der Waals surface area contributed by atoms with E-state index in [4.69, 9.17) is 16.3 Å². The minimum Gasteiger partial charge on any atom is -0.378 e. The van der Waals surface area contributed by atoms with Crippen molar-refractivity contribution in [3.8, 4) is 5.69 Å². The fourth-order valence-electron chi connectivity index (χ4n) is 3.67. The van der Waals surface area contributed by atoms with Gasteiger partial charge in [0.2, 0.25) is 5.91 Å². The van der Waals surface area contributed by atoms with Gasteiger partial charge in [0.15, 0.2) is 0 Å². The van der Waals surface area contributed by atoms with Crippen LogP contribution in [0.5, 0.6) is 0 Å². The van der Waals surface area contributed by atoms with Crippen LogP contribution in [0.1, 0.15) is 13.0 Å². The highest BCUT2D eigenvalue weighted by Crippen LogP contribution is 2.20. The first-order valence-electron chi connectivity index (χ1n) is 9.48. The van der Waals surface area contributed by atoms with Crippen molar-refractivity contribution >= 4 is 28.4 Å². The van der Waals surface area contributed by atoms with Crippen molar-refractivity contribution in [3.63, 3.8) is 0 Å². The summed E-state index contributed by atoms with van der Waals surface area (Å²) in [4.78, 5) is 41.2. The zero-order chi connectivity index (χ0) is 21.4. The number of aromatic nitrogens is 2. The molecular weight excluding hydrogens is 413 g/mol. The van der Waals surface area contributed by atoms with Gasteiger partial charge in [-0.1, -0.05) is 23.7 Å². The summed E-state index contributed by atoms with van der Waals surface area (Å²) in [6.07, 6.45) is 0. The van der Waals surface area contributed by atoms with Crippen molar-refractivity contribution in [2.45, 2.75) is 13.0 Å². The Morgan fingerprint density at radius 2 is 1.83 bits per heavy atom. The maximum atomic E-state index is 13.6. The lowest BCUT2D eigenvalue weighted by Gasteiger charge is -2.30. The number of nitrogens with zero attached hydrogens (tertiary/aromatic N) is 3. The normalized spacial score (nSPS) is 15.4. The Hall–Kier alpha value is -2.97. The van der Waals surface area contributed by atoms with Crippen LogP contribution in [0.2, 0.25) is 5.02 Å². The molecule has 0 spiro atoms. The summed E-state index contributed by atoms with van der Waals surface area (Å²) in [6, 6.07) is 9.33. The van der Waals surface area contributed by atoms with E-state index < -0.39 is 23.1 Å². The van der Waals surface area contributed by atoms with E-state index in [1.165, 1.54) is 16.7 Å².